The second-order valence-corrected chi connectivity index (χ2v) is 4.83. The molecule has 0 amide bonds. The Kier molecular flexibility index (Phi) is 2.86. The molecule has 1 aromatic rings. The van der Waals surface area contributed by atoms with Gasteiger partial charge >= 0.3 is 0 Å². The Hall–Kier alpha value is -0.120. The van der Waals surface area contributed by atoms with Gasteiger partial charge in [0.1, 0.15) is 5.15 Å². The minimum absolute atomic E-state index is 0.127. The number of hydrogen-bond donors (Lipinski definition) is 1. The summed E-state index contributed by atoms with van der Waals surface area (Å²) in [5.74, 6) is 0.401. The average Bonchev–Trinajstić information content (AvgIpc) is 2.65. The van der Waals surface area contributed by atoms with Crippen molar-refractivity contribution in [1.82, 2.24) is 4.98 Å². The van der Waals surface area contributed by atoms with Crippen LogP contribution >= 0.6 is 22.9 Å². The summed E-state index contributed by atoms with van der Waals surface area (Å²) in [5, 5.41) is 10.2. The molecule has 1 aliphatic carbocycles. The van der Waals surface area contributed by atoms with Crippen molar-refractivity contribution in [3.63, 3.8) is 0 Å². The molecular weight excluding hydrogens is 206 g/mol. The maximum absolute atomic E-state index is 9.62. The van der Waals surface area contributed by atoms with E-state index in [1.807, 2.05) is 0 Å². The highest BCUT2D eigenvalue weighted by Gasteiger charge is 2.26. The van der Waals surface area contributed by atoms with Crippen LogP contribution in [0.15, 0.2) is 5.51 Å². The van der Waals surface area contributed by atoms with E-state index in [1.54, 1.807) is 16.8 Å². The van der Waals surface area contributed by atoms with Gasteiger partial charge in [-0.3, -0.25) is 0 Å². The van der Waals surface area contributed by atoms with Gasteiger partial charge in [-0.2, -0.15) is 0 Å². The number of aromatic nitrogens is 1. The molecule has 0 unspecified atom stereocenters. The first-order chi connectivity index (χ1) is 6.27. The van der Waals surface area contributed by atoms with Crippen LogP contribution in [-0.2, 0) is 6.42 Å². The molecule has 4 heteroatoms. The van der Waals surface area contributed by atoms with E-state index in [-0.39, 0.29) is 6.10 Å². The van der Waals surface area contributed by atoms with E-state index in [9.17, 15) is 5.11 Å². The van der Waals surface area contributed by atoms with Crippen LogP contribution < -0.4 is 0 Å². The lowest BCUT2D eigenvalue weighted by Gasteiger charge is -2.12. The van der Waals surface area contributed by atoms with Crippen LogP contribution in [-0.4, -0.2) is 16.2 Å². The van der Waals surface area contributed by atoms with E-state index in [4.69, 9.17) is 11.6 Å². The van der Waals surface area contributed by atoms with Gasteiger partial charge in [-0.15, -0.1) is 11.3 Å². The molecule has 1 fully saturated rings. The molecule has 2 rings (SSSR count). The molecule has 72 valence electrons. The number of thiazole rings is 1. The van der Waals surface area contributed by atoms with Crippen molar-refractivity contribution in [2.75, 3.05) is 0 Å². The highest BCUT2D eigenvalue weighted by atomic mass is 35.5. The van der Waals surface area contributed by atoms with E-state index in [0.29, 0.717) is 11.1 Å². The summed E-state index contributed by atoms with van der Waals surface area (Å²) in [4.78, 5) is 5.10. The third-order valence-electron chi connectivity index (χ3n) is 2.66. The van der Waals surface area contributed by atoms with Crippen LogP contribution in [0.25, 0.3) is 0 Å². The summed E-state index contributed by atoms with van der Waals surface area (Å²) in [5.41, 5.74) is 1.76. The number of halogens is 1. The molecule has 1 aliphatic rings. The fourth-order valence-corrected chi connectivity index (χ4v) is 2.95. The fourth-order valence-electron chi connectivity index (χ4n) is 1.88. The first-order valence-corrected chi connectivity index (χ1v) is 5.79. The van der Waals surface area contributed by atoms with Crippen LogP contribution in [0.5, 0.6) is 0 Å². The van der Waals surface area contributed by atoms with Crippen molar-refractivity contribution < 1.29 is 5.11 Å². The second kappa shape index (κ2) is 3.95. The standard InChI is InChI=1S/C9H12ClNOS/c10-9-8(13-5-11-9)4-6-2-1-3-7(6)12/h5-7,12H,1-4H2/t6-,7+/m0/s1. The lowest BCUT2D eigenvalue weighted by molar-refractivity contribution is 0.133. The molecule has 1 N–H and O–H groups in total. The Morgan fingerprint density at radius 3 is 3.00 bits per heavy atom. The highest BCUT2D eigenvalue weighted by Crippen LogP contribution is 2.31. The van der Waals surface area contributed by atoms with Crippen LogP contribution in [0, 0.1) is 5.92 Å². The minimum atomic E-state index is -0.127. The molecular formula is C9H12ClNOS. The van der Waals surface area contributed by atoms with Gasteiger partial charge < -0.3 is 5.11 Å². The number of nitrogens with zero attached hydrogens (tertiary/aromatic N) is 1. The predicted octanol–water partition coefficient (Wildman–Crippen LogP) is 2.50. The van der Waals surface area contributed by atoms with Gasteiger partial charge in [0.2, 0.25) is 0 Å². The molecule has 1 heterocycles. The third-order valence-corrected chi connectivity index (χ3v) is 3.95. The molecule has 0 radical (unpaired) electrons. The molecule has 1 saturated carbocycles. The summed E-state index contributed by atoms with van der Waals surface area (Å²) in [6, 6.07) is 0. The largest absolute Gasteiger partial charge is 0.393 e. The molecule has 0 aromatic carbocycles. The number of aliphatic hydroxyl groups excluding tert-OH is 1. The SMILES string of the molecule is O[C@@H]1CCC[C@H]1Cc1scnc1Cl. The van der Waals surface area contributed by atoms with Crippen molar-refractivity contribution in [2.24, 2.45) is 5.92 Å². The van der Waals surface area contributed by atoms with Crippen LogP contribution in [0.1, 0.15) is 24.1 Å². The minimum Gasteiger partial charge on any atom is -0.393 e. The van der Waals surface area contributed by atoms with Gasteiger partial charge in [-0.25, -0.2) is 4.98 Å². The normalized spacial score (nSPS) is 28.2. The first-order valence-electron chi connectivity index (χ1n) is 4.53. The Balaban J connectivity index is 2.01. The molecule has 2 nitrogen and oxygen atoms in total. The summed E-state index contributed by atoms with van der Waals surface area (Å²) in [6.07, 6.45) is 3.97. The Bertz CT molecular complexity index is 289. The van der Waals surface area contributed by atoms with Crippen LogP contribution in [0.4, 0.5) is 0 Å². The van der Waals surface area contributed by atoms with Gasteiger partial charge in [0.05, 0.1) is 11.6 Å². The molecule has 0 spiro atoms. The van der Waals surface area contributed by atoms with Gasteiger partial charge in [-0.05, 0) is 25.2 Å². The zero-order valence-corrected chi connectivity index (χ0v) is 8.81. The first kappa shape index (κ1) is 9.44. The monoisotopic (exact) mass is 217 g/mol. The summed E-state index contributed by atoms with van der Waals surface area (Å²) < 4.78 is 0. The lowest BCUT2D eigenvalue weighted by Crippen LogP contribution is -2.14. The predicted molar refractivity (Wildman–Crippen MR) is 54.2 cm³/mol. The van der Waals surface area contributed by atoms with Crippen molar-refractivity contribution in [2.45, 2.75) is 31.8 Å². The van der Waals surface area contributed by atoms with Crippen molar-refractivity contribution in [3.05, 3.63) is 15.5 Å². The van der Waals surface area contributed by atoms with Crippen molar-refractivity contribution in [3.8, 4) is 0 Å². The Morgan fingerprint density at radius 1 is 1.62 bits per heavy atom. The van der Waals surface area contributed by atoms with E-state index >= 15 is 0 Å². The zero-order valence-electron chi connectivity index (χ0n) is 7.24. The smallest absolute Gasteiger partial charge is 0.143 e. The lowest BCUT2D eigenvalue weighted by atomic mass is 10.0. The average molecular weight is 218 g/mol. The van der Waals surface area contributed by atoms with Gasteiger partial charge in [0, 0.05) is 4.88 Å². The van der Waals surface area contributed by atoms with Crippen molar-refractivity contribution >= 4 is 22.9 Å². The maximum atomic E-state index is 9.62. The quantitative estimate of drug-likeness (QED) is 0.826. The van der Waals surface area contributed by atoms with E-state index in [0.717, 1.165) is 30.6 Å². The Morgan fingerprint density at radius 2 is 2.46 bits per heavy atom. The molecule has 0 aliphatic heterocycles. The Labute approximate surface area is 86.6 Å². The summed E-state index contributed by atoms with van der Waals surface area (Å²) in [6.45, 7) is 0. The number of hydrogen-bond acceptors (Lipinski definition) is 3. The maximum Gasteiger partial charge on any atom is 0.143 e. The highest BCUT2D eigenvalue weighted by molar-refractivity contribution is 7.10. The number of aliphatic hydroxyl groups is 1. The third kappa shape index (κ3) is 2.03. The van der Waals surface area contributed by atoms with Crippen molar-refractivity contribution in [1.29, 1.82) is 0 Å². The van der Waals surface area contributed by atoms with E-state index in [1.165, 1.54) is 0 Å². The van der Waals surface area contributed by atoms with Crippen LogP contribution in [0.3, 0.4) is 0 Å². The molecule has 0 saturated heterocycles. The molecule has 13 heavy (non-hydrogen) atoms. The summed E-state index contributed by atoms with van der Waals surface area (Å²) >= 11 is 7.47. The molecule has 1 aromatic heterocycles. The summed E-state index contributed by atoms with van der Waals surface area (Å²) in [7, 11) is 0. The van der Waals surface area contributed by atoms with Gasteiger partial charge in [-0.1, -0.05) is 18.0 Å². The topological polar surface area (TPSA) is 33.1 Å². The van der Waals surface area contributed by atoms with Gasteiger partial charge in [0.15, 0.2) is 0 Å². The van der Waals surface area contributed by atoms with Gasteiger partial charge in [0.25, 0.3) is 0 Å². The number of rotatable bonds is 2. The van der Waals surface area contributed by atoms with Crippen LogP contribution in [0.2, 0.25) is 5.15 Å². The molecule has 0 bridgehead atoms. The second-order valence-electron chi connectivity index (χ2n) is 3.53. The van der Waals surface area contributed by atoms with E-state index < -0.39 is 0 Å². The molecule has 2 atom stereocenters. The zero-order chi connectivity index (χ0) is 9.26. The van der Waals surface area contributed by atoms with E-state index in [2.05, 4.69) is 4.98 Å². The fraction of sp³-hybridized carbons (Fsp3) is 0.667.